The van der Waals surface area contributed by atoms with Gasteiger partial charge in [0.2, 0.25) is 5.76 Å². The van der Waals surface area contributed by atoms with Gasteiger partial charge in [-0.15, -0.1) is 11.3 Å². The maximum absolute atomic E-state index is 12.3. The number of hydrogen-bond acceptors (Lipinski definition) is 4. The van der Waals surface area contributed by atoms with Crippen LogP contribution in [0.1, 0.15) is 5.01 Å². The summed E-state index contributed by atoms with van der Waals surface area (Å²) in [5, 5.41) is 17.6. The zero-order valence-corrected chi connectivity index (χ0v) is 9.51. The van der Waals surface area contributed by atoms with Gasteiger partial charge in [0, 0.05) is 0 Å². The average Bonchev–Trinajstić information content (AvgIpc) is 2.71. The largest absolute Gasteiger partial charge is 0.503 e. The molecule has 18 heavy (non-hydrogen) atoms. The minimum Gasteiger partial charge on any atom is -0.503 e. The van der Waals surface area contributed by atoms with Crippen LogP contribution < -0.4 is 0 Å². The van der Waals surface area contributed by atoms with Crippen LogP contribution >= 0.6 is 11.3 Å². The van der Waals surface area contributed by atoms with E-state index in [0.717, 1.165) is 11.3 Å². The molecule has 0 saturated carbocycles. The van der Waals surface area contributed by atoms with E-state index < -0.39 is 17.5 Å². The molecule has 0 aliphatic carbocycles. The number of benzene rings is 1. The number of fused-ring (bicyclic) bond motifs is 1. The molecule has 2 rings (SSSR count). The fourth-order valence-electron chi connectivity index (χ4n) is 1.32. The van der Waals surface area contributed by atoms with Gasteiger partial charge in [0.15, 0.2) is 0 Å². The van der Waals surface area contributed by atoms with Gasteiger partial charge >= 0.3 is 6.18 Å². The Kier molecular flexibility index (Phi) is 2.97. The van der Waals surface area contributed by atoms with E-state index in [0.29, 0.717) is 10.2 Å². The van der Waals surface area contributed by atoms with Crippen molar-refractivity contribution in [2.75, 3.05) is 0 Å². The first-order valence-electron chi connectivity index (χ1n) is 4.70. The first-order chi connectivity index (χ1) is 8.43. The maximum atomic E-state index is 12.3. The molecule has 0 unspecified atom stereocenters. The number of aromatic nitrogens is 1. The van der Waals surface area contributed by atoms with Crippen LogP contribution in [-0.2, 0) is 0 Å². The number of nitrogens with zero attached hydrogens (tertiary/aromatic N) is 2. The number of thiazole rings is 1. The highest BCUT2D eigenvalue weighted by atomic mass is 32.1. The molecule has 0 radical (unpaired) electrons. The van der Waals surface area contributed by atoms with Gasteiger partial charge in [-0.2, -0.15) is 18.4 Å². The predicted molar refractivity (Wildman–Crippen MR) is 60.8 cm³/mol. The van der Waals surface area contributed by atoms with Crippen molar-refractivity contribution in [2.24, 2.45) is 0 Å². The van der Waals surface area contributed by atoms with Crippen molar-refractivity contribution >= 4 is 27.1 Å². The summed E-state index contributed by atoms with van der Waals surface area (Å²) < 4.78 is 37.7. The van der Waals surface area contributed by atoms with Crippen LogP contribution in [0.25, 0.3) is 15.8 Å². The van der Waals surface area contributed by atoms with Crippen LogP contribution in [0.5, 0.6) is 0 Å². The number of aliphatic hydroxyl groups is 1. The van der Waals surface area contributed by atoms with Crippen molar-refractivity contribution in [3.8, 4) is 6.07 Å². The second-order valence-corrected chi connectivity index (χ2v) is 4.35. The molecule has 1 aromatic carbocycles. The zero-order chi connectivity index (χ0) is 13.3. The molecule has 3 nitrogen and oxygen atoms in total. The van der Waals surface area contributed by atoms with Crippen molar-refractivity contribution < 1.29 is 18.3 Å². The quantitative estimate of drug-likeness (QED) is 0.635. The van der Waals surface area contributed by atoms with Crippen LogP contribution in [-0.4, -0.2) is 16.3 Å². The van der Waals surface area contributed by atoms with Crippen LogP contribution in [0.15, 0.2) is 30.0 Å². The molecule has 2 aromatic rings. The zero-order valence-electron chi connectivity index (χ0n) is 8.69. The second kappa shape index (κ2) is 4.31. The molecule has 0 atom stereocenters. The highest BCUT2D eigenvalue weighted by Gasteiger charge is 2.38. The molecular weight excluding hydrogens is 265 g/mol. The van der Waals surface area contributed by atoms with Crippen LogP contribution in [0.3, 0.4) is 0 Å². The Morgan fingerprint density at radius 1 is 1.33 bits per heavy atom. The van der Waals surface area contributed by atoms with Crippen molar-refractivity contribution in [1.29, 1.82) is 5.26 Å². The van der Waals surface area contributed by atoms with Gasteiger partial charge in [0.25, 0.3) is 0 Å². The molecule has 0 aliphatic rings. The first-order valence-corrected chi connectivity index (χ1v) is 5.51. The smallest absolute Gasteiger partial charge is 0.450 e. The number of rotatable bonds is 1. The summed E-state index contributed by atoms with van der Waals surface area (Å²) in [7, 11) is 0. The fraction of sp³-hybridized carbons (Fsp3) is 0.0909. The lowest BCUT2D eigenvalue weighted by atomic mass is 10.2. The second-order valence-electron chi connectivity index (χ2n) is 3.32. The molecule has 0 aliphatic heterocycles. The number of aliphatic hydroxyl groups excluding tert-OH is 1. The molecule has 1 N–H and O–H groups in total. The van der Waals surface area contributed by atoms with E-state index in [-0.39, 0.29) is 5.01 Å². The van der Waals surface area contributed by atoms with Gasteiger partial charge < -0.3 is 5.11 Å². The van der Waals surface area contributed by atoms with Crippen molar-refractivity contribution in [1.82, 2.24) is 4.98 Å². The lowest BCUT2D eigenvalue weighted by Crippen LogP contribution is -2.13. The van der Waals surface area contributed by atoms with E-state index in [1.54, 1.807) is 24.3 Å². The lowest BCUT2D eigenvalue weighted by molar-refractivity contribution is -0.119. The molecule has 1 heterocycles. The Morgan fingerprint density at radius 2 is 2.00 bits per heavy atom. The van der Waals surface area contributed by atoms with Crippen molar-refractivity contribution in [3.05, 3.63) is 35.0 Å². The van der Waals surface area contributed by atoms with Gasteiger partial charge in [-0.05, 0) is 12.1 Å². The molecule has 92 valence electrons. The summed E-state index contributed by atoms with van der Waals surface area (Å²) in [6, 6.07) is 8.04. The molecule has 0 bridgehead atoms. The van der Waals surface area contributed by atoms with E-state index in [1.807, 2.05) is 0 Å². The van der Waals surface area contributed by atoms with Gasteiger partial charge in [0.05, 0.1) is 10.2 Å². The third-order valence-corrected chi connectivity index (χ3v) is 3.18. The van der Waals surface area contributed by atoms with E-state index in [1.165, 1.54) is 6.07 Å². The highest BCUT2D eigenvalue weighted by Crippen LogP contribution is 2.33. The van der Waals surface area contributed by atoms with Crippen molar-refractivity contribution in [2.45, 2.75) is 6.18 Å². The molecule has 0 spiro atoms. The normalized spacial score (nSPS) is 13.2. The molecule has 7 heteroatoms. The summed E-state index contributed by atoms with van der Waals surface area (Å²) in [6.45, 7) is 0. The Balaban J connectivity index is 2.62. The minimum atomic E-state index is -4.96. The minimum absolute atomic E-state index is 0.145. The summed E-state index contributed by atoms with van der Waals surface area (Å²) in [5.74, 6) is -1.91. The van der Waals surface area contributed by atoms with Crippen LogP contribution in [0, 0.1) is 11.3 Å². The van der Waals surface area contributed by atoms with E-state index in [4.69, 9.17) is 10.4 Å². The van der Waals surface area contributed by atoms with Crippen LogP contribution in [0.4, 0.5) is 13.2 Å². The summed E-state index contributed by atoms with van der Waals surface area (Å²) in [6.07, 6.45) is -4.96. The van der Waals surface area contributed by atoms with E-state index in [9.17, 15) is 13.2 Å². The summed E-state index contributed by atoms with van der Waals surface area (Å²) in [4.78, 5) is 3.90. The topological polar surface area (TPSA) is 56.9 Å². The number of allylic oxidation sites excluding steroid dienone is 2. The predicted octanol–water partition coefficient (Wildman–Crippen LogP) is 3.65. The first kappa shape index (κ1) is 12.4. The SMILES string of the molecule is N#CC(=C(O)C(F)(F)F)c1nc2ccccc2s1. The maximum Gasteiger partial charge on any atom is 0.450 e. The van der Waals surface area contributed by atoms with Gasteiger partial charge in [0.1, 0.15) is 16.6 Å². The van der Waals surface area contributed by atoms with E-state index in [2.05, 4.69) is 4.98 Å². The summed E-state index contributed by atoms with van der Waals surface area (Å²) in [5.41, 5.74) is -0.371. The monoisotopic (exact) mass is 270 g/mol. The molecular formula is C11H5F3N2OS. The third-order valence-electron chi connectivity index (χ3n) is 2.12. The molecule has 0 saturated heterocycles. The Labute approximate surface area is 103 Å². The lowest BCUT2D eigenvalue weighted by Gasteiger charge is -2.05. The Bertz CT molecular complexity index is 634. The number of para-hydroxylation sites is 1. The number of hydrogen-bond donors (Lipinski definition) is 1. The van der Waals surface area contributed by atoms with Crippen LogP contribution in [0.2, 0.25) is 0 Å². The number of alkyl halides is 3. The third kappa shape index (κ3) is 2.15. The molecule has 0 fully saturated rings. The fourth-order valence-corrected chi connectivity index (χ4v) is 2.28. The molecule has 0 amide bonds. The standard InChI is InChI=1S/C11H5F3N2OS/c12-11(13,14)9(17)6(5-15)10-16-7-3-1-2-4-8(7)18-10/h1-4,17H. The average molecular weight is 270 g/mol. The Hall–Kier alpha value is -2.07. The van der Waals surface area contributed by atoms with Gasteiger partial charge in [-0.1, -0.05) is 12.1 Å². The van der Waals surface area contributed by atoms with E-state index >= 15 is 0 Å². The Morgan fingerprint density at radius 3 is 2.56 bits per heavy atom. The molecule has 1 aromatic heterocycles. The summed E-state index contributed by atoms with van der Waals surface area (Å²) >= 11 is 0.923. The van der Waals surface area contributed by atoms with Gasteiger partial charge in [-0.25, -0.2) is 4.98 Å². The number of nitriles is 1. The van der Waals surface area contributed by atoms with Gasteiger partial charge in [-0.3, -0.25) is 0 Å². The van der Waals surface area contributed by atoms with Crippen molar-refractivity contribution in [3.63, 3.8) is 0 Å². The highest BCUT2D eigenvalue weighted by molar-refractivity contribution is 7.19. The number of halogens is 3.